The van der Waals surface area contributed by atoms with Crippen LogP contribution in [0.25, 0.3) is 11.6 Å². The first kappa shape index (κ1) is 14.8. The summed E-state index contributed by atoms with van der Waals surface area (Å²) in [6.45, 7) is 0. The summed E-state index contributed by atoms with van der Waals surface area (Å²) in [7, 11) is 0. The molecule has 0 saturated carbocycles. The molecule has 1 aliphatic rings. The third-order valence-corrected chi connectivity index (χ3v) is 3.72. The smallest absolute Gasteiger partial charge is 0.288 e. The van der Waals surface area contributed by atoms with Gasteiger partial charge in [0.1, 0.15) is 5.02 Å². The zero-order valence-electron chi connectivity index (χ0n) is 11.5. The van der Waals surface area contributed by atoms with Gasteiger partial charge in [0.2, 0.25) is 0 Å². The summed E-state index contributed by atoms with van der Waals surface area (Å²) >= 11 is 5.85. The number of nitro groups is 1. The molecule has 0 bridgehead atoms. The van der Waals surface area contributed by atoms with Crippen molar-refractivity contribution in [1.82, 2.24) is 0 Å². The second-order valence-electron chi connectivity index (χ2n) is 4.85. The van der Waals surface area contributed by atoms with Crippen LogP contribution in [0.4, 0.5) is 11.4 Å². The molecule has 1 amide bonds. The molecule has 7 heteroatoms. The van der Waals surface area contributed by atoms with Crippen molar-refractivity contribution in [1.29, 1.82) is 5.26 Å². The van der Waals surface area contributed by atoms with E-state index in [2.05, 4.69) is 5.32 Å². The highest BCUT2D eigenvalue weighted by atomic mass is 35.5. The van der Waals surface area contributed by atoms with Crippen molar-refractivity contribution >= 4 is 40.5 Å². The Morgan fingerprint density at radius 1 is 1.26 bits per heavy atom. The monoisotopic (exact) mass is 325 g/mol. The van der Waals surface area contributed by atoms with E-state index in [-0.39, 0.29) is 16.6 Å². The summed E-state index contributed by atoms with van der Waals surface area (Å²) in [5.74, 6) is -0.360. The van der Waals surface area contributed by atoms with E-state index in [0.29, 0.717) is 28.0 Å². The van der Waals surface area contributed by atoms with Crippen molar-refractivity contribution in [2.75, 3.05) is 5.32 Å². The molecule has 23 heavy (non-hydrogen) atoms. The Bertz CT molecular complexity index is 911. The minimum absolute atomic E-state index is 0.0336. The summed E-state index contributed by atoms with van der Waals surface area (Å²) in [6.07, 6.45) is 1.61. The number of rotatable bonds is 2. The van der Waals surface area contributed by atoms with Gasteiger partial charge in [-0.15, -0.1) is 0 Å². The molecule has 2 aromatic carbocycles. The molecule has 1 aliphatic heterocycles. The van der Waals surface area contributed by atoms with Crippen LogP contribution in [0.2, 0.25) is 5.02 Å². The Kier molecular flexibility index (Phi) is 3.56. The van der Waals surface area contributed by atoms with Crippen LogP contribution in [0, 0.1) is 21.4 Å². The molecule has 0 radical (unpaired) electrons. The number of amides is 1. The lowest BCUT2D eigenvalue weighted by atomic mass is 10.0. The number of anilines is 1. The number of carbonyl (C=O) groups excluding carboxylic acids is 1. The van der Waals surface area contributed by atoms with Crippen LogP contribution in [0.3, 0.4) is 0 Å². The van der Waals surface area contributed by atoms with Crippen molar-refractivity contribution in [2.45, 2.75) is 0 Å². The van der Waals surface area contributed by atoms with Crippen molar-refractivity contribution in [3.63, 3.8) is 0 Å². The molecule has 1 heterocycles. The van der Waals surface area contributed by atoms with Crippen LogP contribution in [0.5, 0.6) is 0 Å². The fourth-order valence-electron chi connectivity index (χ4n) is 2.30. The number of halogens is 1. The number of hydrogen-bond acceptors (Lipinski definition) is 4. The van der Waals surface area contributed by atoms with E-state index in [9.17, 15) is 14.9 Å². The maximum absolute atomic E-state index is 12.1. The highest BCUT2D eigenvalue weighted by molar-refractivity contribution is 6.37. The average Bonchev–Trinajstić information content (AvgIpc) is 2.82. The average molecular weight is 326 g/mol. The van der Waals surface area contributed by atoms with Crippen molar-refractivity contribution < 1.29 is 9.72 Å². The maximum atomic E-state index is 12.1. The van der Waals surface area contributed by atoms with Gasteiger partial charge in [-0.1, -0.05) is 23.7 Å². The molecular weight excluding hydrogens is 318 g/mol. The largest absolute Gasteiger partial charge is 0.321 e. The number of nitrogens with one attached hydrogen (secondary N) is 1. The van der Waals surface area contributed by atoms with Crippen LogP contribution in [0.1, 0.15) is 16.7 Å². The summed E-state index contributed by atoms with van der Waals surface area (Å²) < 4.78 is 0. The van der Waals surface area contributed by atoms with Gasteiger partial charge in [-0.25, -0.2) is 0 Å². The van der Waals surface area contributed by atoms with Gasteiger partial charge in [0.05, 0.1) is 22.2 Å². The standard InChI is InChI=1S/C16H8ClN3O3/c17-13-7-14-11(6-15(13)20(22)23)12(16(21)19-14)5-9-1-3-10(8-18)4-2-9/h1-7H,(H,19,21)/b12-5+. The van der Waals surface area contributed by atoms with Gasteiger partial charge in [-0.2, -0.15) is 5.26 Å². The molecule has 0 aliphatic carbocycles. The quantitative estimate of drug-likeness (QED) is 0.518. The second kappa shape index (κ2) is 5.55. The molecule has 2 aromatic rings. The number of nitriles is 1. The second-order valence-corrected chi connectivity index (χ2v) is 5.26. The van der Waals surface area contributed by atoms with Gasteiger partial charge in [-0.3, -0.25) is 14.9 Å². The van der Waals surface area contributed by atoms with Gasteiger partial charge in [-0.05, 0) is 29.8 Å². The van der Waals surface area contributed by atoms with E-state index >= 15 is 0 Å². The molecule has 0 fully saturated rings. The SMILES string of the molecule is N#Cc1ccc(/C=C2/C(=O)Nc3cc(Cl)c([N+](=O)[O-])cc32)cc1. The van der Waals surface area contributed by atoms with Gasteiger partial charge in [0.15, 0.2) is 0 Å². The van der Waals surface area contributed by atoms with Crippen LogP contribution in [-0.2, 0) is 4.79 Å². The van der Waals surface area contributed by atoms with Crippen LogP contribution < -0.4 is 5.32 Å². The van der Waals surface area contributed by atoms with Crippen LogP contribution in [0.15, 0.2) is 36.4 Å². The topological polar surface area (TPSA) is 96.0 Å². The molecule has 0 spiro atoms. The summed E-state index contributed by atoms with van der Waals surface area (Å²) in [5, 5.41) is 22.4. The fraction of sp³-hybridized carbons (Fsp3) is 0. The molecule has 6 nitrogen and oxygen atoms in total. The Labute approximate surface area is 135 Å². The third kappa shape index (κ3) is 2.65. The van der Waals surface area contributed by atoms with Crippen molar-refractivity contribution in [2.24, 2.45) is 0 Å². The number of nitrogens with zero attached hydrogens (tertiary/aromatic N) is 2. The molecule has 3 rings (SSSR count). The minimum atomic E-state index is -0.593. The number of nitro benzene ring substituents is 1. The van der Waals surface area contributed by atoms with E-state index in [0.717, 1.165) is 0 Å². The highest BCUT2D eigenvalue weighted by Gasteiger charge is 2.28. The van der Waals surface area contributed by atoms with Crippen molar-refractivity contribution in [3.05, 3.63) is 68.2 Å². The summed E-state index contributed by atoms with van der Waals surface area (Å²) in [5.41, 5.74) is 2.13. The fourth-order valence-corrected chi connectivity index (χ4v) is 2.54. The zero-order chi connectivity index (χ0) is 16.6. The lowest BCUT2D eigenvalue weighted by molar-refractivity contribution is -0.384. The Morgan fingerprint density at radius 3 is 2.57 bits per heavy atom. The number of fused-ring (bicyclic) bond motifs is 1. The summed E-state index contributed by atoms with van der Waals surface area (Å²) in [4.78, 5) is 22.5. The summed E-state index contributed by atoms with van der Waals surface area (Å²) in [6, 6.07) is 11.3. The minimum Gasteiger partial charge on any atom is -0.321 e. The number of hydrogen-bond donors (Lipinski definition) is 1. The molecule has 0 unspecified atom stereocenters. The molecule has 0 aromatic heterocycles. The van der Waals surface area contributed by atoms with E-state index in [1.54, 1.807) is 30.3 Å². The van der Waals surface area contributed by atoms with Crippen LogP contribution >= 0.6 is 11.6 Å². The Balaban J connectivity index is 2.10. The van der Waals surface area contributed by atoms with E-state index in [1.165, 1.54) is 12.1 Å². The lowest BCUT2D eigenvalue weighted by Gasteiger charge is -2.01. The number of benzene rings is 2. The van der Waals surface area contributed by atoms with Crippen LogP contribution in [-0.4, -0.2) is 10.8 Å². The van der Waals surface area contributed by atoms with E-state index in [4.69, 9.17) is 16.9 Å². The molecule has 112 valence electrons. The molecule has 1 N–H and O–H groups in total. The first-order valence-electron chi connectivity index (χ1n) is 6.51. The molecule has 0 saturated heterocycles. The normalized spacial score (nSPS) is 14.3. The van der Waals surface area contributed by atoms with Gasteiger partial charge in [0.25, 0.3) is 11.6 Å². The van der Waals surface area contributed by atoms with Gasteiger partial charge < -0.3 is 5.32 Å². The predicted octanol–water partition coefficient (Wildman–Crippen LogP) is 3.61. The molecular formula is C16H8ClN3O3. The zero-order valence-corrected chi connectivity index (χ0v) is 12.3. The number of carbonyl (C=O) groups is 1. The first-order valence-corrected chi connectivity index (χ1v) is 6.89. The highest BCUT2D eigenvalue weighted by Crippen LogP contribution is 2.39. The maximum Gasteiger partial charge on any atom is 0.288 e. The predicted molar refractivity (Wildman–Crippen MR) is 85.8 cm³/mol. The van der Waals surface area contributed by atoms with Crippen molar-refractivity contribution in [3.8, 4) is 6.07 Å². The first-order chi connectivity index (χ1) is 11.0. The van der Waals surface area contributed by atoms with Gasteiger partial charge in [0, 0.05) is 17.2 Å². The Hall–Kier alpha value is -3.17. The third-order valence-electron chi connectivity index (χ3n) is 3.42. The van der Waals surface area contributed by atoms with E-state index in [1.807, 2.05) is 6.07 Å². The lowest BCUT2D eigenvalue weighted by Crippen LogP contribution is -2.03. The van der Waals surface area contributed by atoms with E-state index < -0.39 is 4.92 Å². The Morgan fingerprint density at radius 2 is 1.96 bits per heavy atom. The molecule has 0 atom stereocenters. The van der Waals surface area contributed by atoms with Gasteiger partial charge >= 0.3 is 0 Å².